The van der Waals surface area contributed by atoms with Crippen LogP contribution in [0, 0.1) is 29.1 Å². The van der Waals surface area contributed by atoms with Crippen LogP contribution in [0.1, 0.15) is 132 Å². The summed E-state index contributed by atoms with van der Waals surface area (Å²) < 4.78 is 44.7. The molecule has 0 aliphatic heterocycles. The first-order valence-corrected chi connectivity index (χ1v) is 25.3. The Morgan fingerprint density at radius 3 is 1.70 bits per heavy atom. The summed E-state index contributed by atoms with van der Waals surface area (Å²) in [7, 11) is 0. The number of rotatable bonds is 36. The summed E-state index contributed by atoms with van der Waals surface area (Å²) in [6.07, 6.45) is 15.4. The number of hydrogen-bond acceptors (Lipinski definition) is 12. The molecule has 13 nitrogen and oxygen atoms in total. The first kappa shape index (κ1) is 63.7. The molecule has 67 heavy (non-hydrogen) atoms. The van der Waals surface area contributed by atoms with Crippen molar-refractivity contribution < 1.29 is 52.3 Å². The van der Waals surface area contributed by atoms with E-state index in [4.69, 9.17) is 49.1 Å². The van der Waals surface area contributed by atoms with Crippen LogP contribution in [0.5, 0.6) is 5.75 Å². The number of thioether (sulfide) groups is 1. The zero-order valence-electron chi connectivity index (χ0n) is 43.4. The first-order chi connectivity index (χ1) is 32.2. The van der Waals surface area contributed by atoms with Crippen molar-refractivity contribution in [2.45, 2.75) is 134 Å². The number of nitrogens with one attached hydrogen (secondary N) is 2. The Labute approximate surface area is 410 Å². The lowest BCUT2D eigenvalue weighted by atomic mass is 9.87. The van der Waals surface area contributed by atoms with Crippen molar-refractivity contribution in [1.82, 2.24) is 10.6 Å². The Bertz CT molecular complexity index is 1550. The van der Waals surface area contributed by atoms with E-state index in [1.165, 1.54) is 36.7 Å². The van der Waals surface area contributed by atoms with Gasteiger partial charge < -0.3 is 53.3 Å². The van der Waals surface area contributed by atoms with Crippen LogP contribution < -0.4 is 15.4 Å². The summed E-state index contributed by atoms with van der Waals surface area (Å²) >= 11 is 1.69. The fourth-order valence-corrected chi connectivity index (χ4v) is 6.51. The van der Waals surface area contributed by atoms with Crippen molar-refractivity contribution in [3.05, 3.63) is 46.4 Å². The quantitative estimate of drug-likeness (QED) is 0.0375. The summed E-state index contributed by atoms with van der Waals surface area (Å²) in [6, 6.07) is 6.38. The lowest BCUT2D eigenvalue weighted by Gasteiger charge is -2.29. The van der Waals surface area contributed by atoms with Gasteiger partial charge in [-0.3, -0.25) is 9.59 Å². The molecule has 2 unspecified atom stereocenters. The number of ether oxygens (including phenoxy) is 8. The van der Waals surface area contributed by atoms with E-state index in [1.807, 2.05) is 33.8 Å². The number of allylic oxidation sites excluding steroid dienone is 2. The molecule has 1 aromatic rings. The minimum absolute atomic E-state index is 0.00950. The number of amides is 2. The molecule has 0 spiro atoms. The molecule has 1 aromatic carbocycles. The number of unbranched alkanes of at least 4 members (excludes halogenated alkanes) is 3. The van der Waals surface area contributed by atoms with E-state index in [0.717, 1.165) is 48.8 Å². The van der Waals surface area contributed by atoms with Crippen LogP contribution in [-0.4, -0.2) is 123 Å². The van der Waals surface area contributed by atoms with Crippen LogP contribution in [0.25, 0.3) is 4.91 Å². The Hall–Kier alpha value is -3.26. The number of carbonyl (C=O) groups is 3. The van der Waals surface area contributed by atoms with Crippen molar-refractivity contribution in [1.29, 1.82) is 0 Å². The smallest absolute Gasteiger partial charge is 0.238 e. The maximum absolute atomic E-state index is 12.8. The van der Waals surface area contributed by atoms with Gasteiger partial charge in [0, 0.05) is 35.6 Å². The average Bonchev–Trinajstić information content (AvgIpc) is 4.11. The Kier molecular flexibility index (Phi) is 38.6. The molecule has 0 heterocycles. The van der Waals surface area contributed by atoms with E-state index in [0.29, 0.717) is 106 Å². The molecule has 2 atom stereocenters. The molecule has 0 bridgehead atoms. The second kappa shape index (κ2) is 40.6. The fraction of sp³-hybridized carbons (Fsp3) is 0.717. The van der Waals surface area contributed by atoms with Gasteiger partial charge in [-0.15, -0.1) is 6.42 Å². The van der Waals surface area contributed by atoms with Crippen LogP contribution >= 0.6 is 11.8 Å². The third-order valence-corrected chi connectivity index (χ3v) is 11.8. The summed E-state index contributed by atoms with van der Waals surface area (Å²) in [6.45, 7) is 30.4. The van der Waals surface area contributed by atoms with Gasteiger partial charge in [0.2, 0.25) is 11.8 Å². The molecule has 0 saturated heterocycles. The van der Waals surface area contributed by atoms with Crippen LogP contribution in [0.4, 0.5) is 0 Å². The predicted molar refractivity (Wildman–Crippen MR) is 273 cm³/mol. The lowest BCUT2D eigenvalue weighted by molar-refractivity contribution is -0.126. The largest absolute Gasteiger partial charge is 0.491 e. The molecular weight excluding hydrogens is 873 g/mol. The maximum atomic E-state index is 12.8. The first-order valence-electron chi connectivity index (χ1n) is 24.4. The van der Waals surface area contributed by atoms with Gasteiger partial charge in [-0.1, -0.05) is 102 Å². The summed E-state index contributed by atoms with van der Waals surface area (Å²) in [5.74, 6) is 3.46. The van der Waals surface area contributed by atoms with Crippen molar-refractivity contribution >= 4 is 34.8 Å². The molecule has 14 heteroatoms. The van der Waals surface area contributed by atoms with Crippen LogP contribution in [0.2, 0.25) is 0 Å². The van der Waals surface area contributed by atoms with Gasteiger partial charge in [0.1, 0.15) is 24.1 Å². The van der Waals surface area contributed by atoms with Gasteiger partial charge >= 0.3 is 0 Å². The number of aldehydes is 1. The SMILES string of the molecule is C#CC1(C(=O)NC(C)C(C)(C)C)CC1.C/C=C\SC(=C(C)C)c1ccc(CNC(=O)C(C)CCCCCC)c(OCCOCCOCCOCCOCCOCCOCCOCC)c1.CC=O. The summed E-state index contributed by atoms with van der Waals surface area (Å²) in [5.41, 5.74) is 2.87. The highest BCUT2D eigenvalue weighted by molar-refractivity contribution is 8.10. The Morgan fingerprint density at radius 1 is 0.791 bits per heavy atom. The van der Waals surface area contributed by atoms with Gasteiger partial charge in [-0.05, 0) is 83.3 Å². The number of terminal acetylenes is 1. The molecule has 1 aliphatic carbocycles. The van der Waals surface area contributed by atoms with Gasteiger partial charge in [-0.25, -0.2) is 0 Å². The molecule has 384 valence electrons. The summed E-state index contributed by atoms with van der Waals surface area (Å²) in [5, 5.41) is 8.20. The van der Waals surface area contributed by atoms with Gasteiger partial charge in [0.05, 0.1) is 85.9 Å². The van der Waals surface area contributed by atoms with Gasteiger partial charge in [-0.2, -0.15) is 0 Å². The third-order valence-electron chi connectivity index (χ3n) is 10.5. The van der Waals surface area contributed by atoms with Crippen molar-refractivity contribution in [3.63, 3.8) is 0 Å². The fourth-order valence-electron chi connectivity index (χ4n) is 5.74. The maximum Gasteiger partial charge on any atom is 0.238 e. The molecule has 2 amide bonds. The van der Waals surface area contributed by atoms with E-state index in [2.05, 4.69) is 81.7 Å². The minimum Gasteiger partial charge on any atom is -0.491 e. The van der Waals surface area contributed by atoms with Gasteiger partial charge in [0.15, 0.2) is 0 Å². The second-order valence-corrected chi connectivity index (χ2v) is 18.4. The number of hydrogen-bond donors (Lipinski definition) is 2. The molecule has 1 saturated carbocycles. The predicted octanol–water partition coefficient (Wildman–Crippen LogP) is 9.60. The van der Waals surface area contributed by atoms with Crippen molar-refractivity contribution in [2.75, 3.05) is 99.1 Å². The van der Waals surface area contributed by atoms with Crippen LogP contribution in [-0.2, 0) is 54.1 Å². The zero-order chi connectivity index (χ0) is 50.2. The monoisotopic (exact) mass is 963 g/mol. The zero-order valence-corrected chi connectivity index (χ0v) is 44.2. The highest BCUT2D eigenvalue weighted by Gasteiger charge is 2.49. The molecule has 0 radical (unpaired) electrons. The topological polar surface area (TPSA) is 149 Å². The van der Waals surface area contributed by atoms with E-state index >= 15 is 0 Å². The Balaban J connectivity index is 0.00000214. The number of carbonyl (C=O) groups excluding carboxylic acids is 3. The summed E-state index contributed by atoms with van der Waals surface area (Å²) in [4.78, 5) is 34.6. The number of benzene rings is 1. The third kappa shape index (κ3) is 32.2. The van der Waals surface area contributed by atoms with E-state index in [-0.39, 0.29) is 29.2 Å². The van der Waals surface area contributed by atoms with Crippen LogP contribution in [0.3, 0.4) is 0 Å². The van der Waals surface area contributed by atoms with Crippen LogP contribution in [0.15, 0.2) is 35.3 Å². The average molecular weight is 963 g/mol. The molecule has 0 aromatic heterocycles. The molecule has 2 N–H and O–H groups in total. The van der Waals surface area contributed by atoms with Gasteiger partial charge in [0.25, 0.3) is 0 Å². The lowest BCUT2D eigenvalue weighted by Crippen LogP contribution is -2.44. The second-order valence-electron chi connectivity index (χ2n) is 17.5. The van der Waals surface area contributed by atoms with E-state index < -0.39 is 5.41 Å². The van der Waals surface area contributed by atoms with E-state index in [1.54, 1.807) is 11.8 Å². The molecule has 1 fully saturated rings. The minimum atomic E-state index is -0.473. The van der Waals surface area contributed by atoms with E-state index in [9.17, 15) is 9.59 Å². The molecule has 1 aliphatic rings. The standard InChI is InChI=1S/C39H67NO9S.C12H19NO.C2H4O/c1-7-10-11-12-13-34(6)39(41)40-32-36-15-14-35(38(33(4)5)50-30-8-2)31-37(36)49-29-28-48-27-26-47-25-24-46-23-22-45-21-20-44-19-18-43-17-16-42-9-3;1-6-12(7-8-12)10(14)13-9(2)11(3,4)5;1-2-3/h8,14-15,30-31,34H,7,9-13,16-29,32H2,1-6H3,(H,40,41);1,9H,7-8H2,2-5H3,(H,13,14);2H,1H3/b30-8-;;. The van der Waals surface area contributed by atoms with Crippen molar-refractivity contribution in [2.24, 2.45) is 16.7 Å². The Morgan fingerprint density at radius 2 is 1.28 bits per heavy atom. The molecule has 2 rings (SSSR count). The normalized spacial score (nSPS) is 13.5. The van der Waals surface area contributed by atoms with Crippen molar-refractivity contribution in [3.8, 4) is 18.1 Å². The highest BCUT2D eigenvalue weighted by Crippen LogP contribution is 2.45. The highest BCUT2D eigenvalue weighted by atomic mass is 32.2. The molecular formula is C53H90N2O11S.